The molecule has 0 spiro atoms. The average molecular weight is 467 g/mol. The van der Waals surface area contributed by atoms with Crippen molar-refractivity contribution < 1.29 is 27.9 Å². The summed E-state index contributed by atoms with van der Waals surface area (Å²) in [6.07, 6.45) is 0.786. The van der Waals surface area contributed by atoms with Gasteiger partial charge in [0.2, 0.25) is 11.7 Å². The molecule has 0 aliphatic rings. The summed E-state index contributed by atoms with van der Waals surface area (Å²) in [4.78, 5) is 34.6. The van der Waals surface area contributed by atoms with Crippen molar-refractivity contribution in [3.05, 3.63) is 64.6 Å². The molecule has 10 heteroatoms. The molecule has 146 valence electrons. The molecule has 3 N–H and O–H groups in total. The number of aliphatic hydroxyl groups excluding tert-OH is 1. The summed E-state index contributed by atoms with van der Waals surface area (Å²) in [7, 11) is -4.00. The third kappa shape index (κ3) is 5.76. The van der Waals surface area contributed by atoms with Crippen LogP contribution in [0.3, 0.4) is 0 Å². The number of benzene rings is 2. The Kier molecular flexibility index (Phi) is 6.71. The van der Waals surface area contributed by atoms with E-state index in [4.69, 9.17) is 0 Å². The van der Waals surface area contributed by atoms with E-state index >= 15 is 0 Å². The van der Waals surface area contributed by atoms with E-state index in [9.17, 15) is 27.9 Å². The zero-order valence-electron chi connectivity index (χ0n) is 14.5. The van der Waals surface area contributed by atoms with E-state index in [0.717, 1.165) is 17.5 Å². The van der Waals surface area contributed by atoms with Crippen molar-refractivity contribution in [3.8, 4) is 0 Å². The van der Waals surface area contributed by atoms with E-state index in [-0.39, 0.29) is 16.3 Å². The van der Waals surface area contributed by atoms with Crippen LogP contribution in [-0.4, -0.2) is 31.1 Å². The lowest BCUT2D eigenvalue weighted by Gasteiger charge is -2.07. The van der Waals surface area contributed by atoms with E-state index in [0.29, 0.717) is 5.56 Å². The largest absolute Gasteiger partial charge is 0.507 e. The van der Waals surface area contributed by atoms with E-state index < -0.39 is 27.6 Å². The van der Waals surface area contributed by atoms with E-state index in [2.05, 4.69) is 21.2 Å². The van der Waals surface area contributed by atoms with Crippen LogP contribution in [0.25, 0.3) is 5.76 Å². The SMILES string of the molecule is CC(=O)NS(=O)(=O)c1ccc(NC(=O)C(=O)C=C(O)c2ccc(Br)cc2)cc1. The molecule has 0 aromatic heterocycles. The summed E-state index contributed by atoms with van der Waals surface area (Å²) in [6.45, 7) is 1.06. The highest BCUT2D eigenvalue weighted by Gasteiger charge is 2.17. The molecule has 0 unspecified atom stereocenters. The highest BCUT2D eigenvalue weighted by atomic mass is 79.9. The number of carbonyl (C=O) groups is 3. The number of nitrogens with one attached hydrogen (secondary N) is 2. The first kappa shape index (κ1) is 21.3. The van der Waals surface area contributed by atoms with Crippen molar-refractivity contribution in [2.45, 2.75) is 11.8 Å². The van der Waals surface area contributed by atoms with Crippen LogP contribution in [0.1, 0.15) is 12.5 Å². The lowest BCUT2D eigenvalue weighted by atomic mass is 10.1. The molecule has 2 amide bonds. The van der Waals surface area contributed by atoms with Gasteiger partial charge in [0.1, 0.15) is 5.76 Å². The summed E-state index contributed by atoms with van der Waals surface area (Å²) >= 11 is 3.24. The van der Waals surface area contributed by atoms with Crippen molar-refractivity contribution in [3.63, 3.8) is 0 Å². The maximum atomic E-state index is 12.0. The van der Waals surface area contributed by atoms with Gasteiger partial charge in [0.25, 0.3) is 15.9 Å². The van der Waals surface area contributed by atoms with Gasteiger partial charge < -0.3 is 10.4 Å². The number of hydrogen-bond donors (Lipinski definition) is 3. The van der Waals surface area contributed by atoms with Gasteiger partial charge in [-0.2, -0.15) is 0 Å². The normalized spacial score (nSPS) is 11.6. The molecule has 0 atom stereocenters. The molecule has 2 aromatic rings. The lowest BCUT2D eigenvalue weighted by molar-refractivity contribution is -0.131. The number of aliphatic hydroxyl groups is 1. The maximum Gasteiger partial charge on any atom is 0.296 e. The van der Waals surface area contributed by atoms with Crippen LogP contribution in [-0.2, 0) is 24.4 Å². The second kappa shape index (κ2) is 8.81. The third-order valence-corrected chi connectivity index (χ3v) is 5.31. The van der Waals surface area contributed by atoms with Gasteiger partial charge in [0.05, 0.1) is 4.90 Å². The number of carbonyl (C=O) groups excluding carboxylic acids is 3. The molecule has 0 bridgehead atoms. The molecule has 2 rings (SSSR count). The highest BCUT2D eigenvalue weighted by Crippen LogP contribution is 2.17. The number of rotatable bonds is 6. The van der Waals surface area contributed by atoms with Crippen molar-refractivity contribution >= 4 is 55.0 Å². The fourth-order valence-corrected chi connectivity index (χ4v) is 3.31. The zero-order chi connectivity index (χ0) is 20.9. The Bertz CT molecular complexity index is 1040. The first-order chi connectivity index (χ1) is 13.1. The molecule has 0 aliphatic carbocycles. The Balaban J connectivity index is 2.08. The quantitative estimate of drug-likeness (QED) is 0.340. The molecule has 28 heavy (non-hydrogen) atoms. The number of sulfonamides is 1. The highest BCUT2D eigenvalue weighted by molar-refractivity contribution is 9.10. The predicted octanol–water partition coefficient (Wildman–Crippen LogP) is 2.38. The molecule has 0 saturated carbocycles. The molecule has 8 nitrogen and oxygen atoms in total. The van der Waals surface area contributed by atoms with E-state index in [1.807, 2.05) is 4.72 Å². The number of anilines is 1. The molecule has 2 aromatic carbocycles. The van der Waals surface area contributed by atoms with Gasteiger partial charge in [-0.3, -0.25) is 14.4 Å². The average Bonchev–Trinajstić information content (AvgIpc) is 2.61. The number of ketones is 1. The summed E-state index contributed by atoms with van der Waals surface area (Å²) in [6, 6.07) is 11.3. The molecule has 0 heterocycles. The summed E-state index contributed by atoms with van der Waals surface area (Å²) in [5.74, 6) is -3.11. The van der Waals surface area contributed by atoms with Crippen LogP contribution < -0.4 is 10.0 Å². The fraction of sp³-hybridized carbons (Fsp3) is 0.0556. The Morgan fingerprint density at radius 1 is 1.00 bits per heavy atom. The Morgan fingerprint density at radius 3 is 2.11 bits per heavy atom. The van der Waals surface area contributed by atoms with Crippen molar-refractivity contribution in [2.75, 3.05) is 5.32 Å². The van der Waals surface area contributed by atoms with Crippen LogP contribution in [0.15, 0.2) is 64.0 Å². The molecule has 0 radical (unpaired) electrons. The van der Waals surface area contributed by atoms with Crippen molar-refractivity contribution in [1.82, 2.24) is 4.72 Å². The Morgan fingerprint density at radius 2 is 1.57 bits per heavy atom. The van der Waals surface area contributed by atoms with Crippen LogP contribution >= 0.6 is 15.9 Å². The van der Waals surface area contributed by atoms with Gasteiger partial charge in [-0.1, -0.05) is 28.1 Å². The lowest BCUT2D eigenvalue weighted by Crippen LogP contribution is -2.28. The zero-order valence-corrected chi connectivity index (χ0v) is 16.9. The minimum absolute atomic E-state index is 0.164. The van der Waals surface area contributed by atoms with Crippen LogP contribution in [0.2, 0.25) is 0 Å². The standard InChI is InChI=1S/C18H15BrN2O6S/c1-11(22)21-28(26,27)15-8-6-14(7-9-15)20-18(25)17(24)10-16(23)12-2-4-13(19)5-3-12/h2-10,23H,1H3,(H,20,25)(H,21,22). The van der Waals surface area contributed by atoms with Gasteiger partial charge in [0.15, 0.2) is 0 Å². The summed E-state index contributed by atoms with van der Waals surface area (Å²) in [5, 5.41) is 12.2. The van der Waals surface area contributed by atoms with Gasteiger partial charge in [-0.25, -0.2) is 13.1 Å². The van der Waals surface area contributed by atoms with Gasteiger partial charge in [-0.05, 0) is 36.4 Å². The minimum atomic E-state index is -4.00. The first-order valence-corrected chi connectivity index (χ1v) is 10.0. The number of hydrogen-bond acceptors (Lipinski definition) is 6. The molecule has 0 fully saturated rings. The summed E-state index contributed by atoms with van der Waals surface area (Å²) in [5.41, 5.74) is 0.522. The number of halogens is 1. The number of amides is 2. The smallest absolute Gasteiger partial charge is 0.296 e. The first-order valence-electron chi connectivity index (χ1n) is 7.74. The Hall–Kier alpha value is -2.98. The monoisotopic (exact) mass is 466 g/mol. The second-order valence-corrected chi connectivity index (χ2v) is 8.14. The molecular weight excluding hydrogens is 452 g/mol. The van der Waals surface area contributed by atoms with Crippen molar-refractivity contribution in [2.24, 2.45) is 0 Å². The van der Waals surface area contributed by atoms with E-state index in [1.54, 1.807) is 24.3 Å². The van der Waals surface area contributed by atoms with Gasteiger partial charge >= 0.3 is 0 Å². The second-order valence-electron chi connectivity index (χ2n) is 5.54. The molecule has 0 aliphatic heterocycles. The van der Waals surface area contributed by atoms with Crippen LogP contribution in [0.5, 0.6) is 0 Å². The minimum Gasteiger partial charge on any atom is -0.507 e. The van der Waals surface area contributed by atoms with Gasteiger partial charge in [-0.15, -0.1) is 0 Å². The van der Waals surface area contributed by atoms with Crippen molar-refractivity contribution in [1.29, 1.82) is 0 Å². The Labute approximate surface area is 169 Å². The van der Waals surface area contributed by atoms with Crippen LogP contribution in [0.4, 0.5) is 5.69 Å². The summed E-state index contributed by atoms with van der Waals surface area (Å²) < 4.78 is 26.3. The molecule has 0 saturated heterocycles. The van der Waals surface area contributed by atoms with E-state index in [1.165, 1.54) is 24.3 Å². The fourth-order valence-electron chi connectivity index (χ4n) is 2.05. The predicted molar refractivity (Wildman–Crippen MR) is 106 cm³/mol. The van der Waals surface area contributed by atoms with Gasteiger partial charge in [0, 0.05) is 28.7 Å². The molecular formula is C18H15BrN2O6S. The third-order valence-electron chi connectivity index (χ3n) is 3.33. The maximum absolute atomic E-state index is 12.0. The van der Waals surface area contributed by atoms with Crippen LogP contribution in [0, 0.1) is 0 Å². The topological polar surface area (TPSA) is 130 Å².